The van der Waals surface area contributed by atoms with Gasteiger partial charge in [-0.25, -0.2) is 8.42 Å². The van der Waals surface area contributed by atoms with Gasteiger partial charge in [0.25, 0.3) is 0 Å². The number of nitrogens with one attached hydrogen (secondary N) is 1. The van der Waals surface area contributed by atoms with Gasteiger partial charge >= 0.3 is 5.97 Å². The van der Waals surface area contributed by atoms with E-state index in [1.165, 1.54) is 6.07 Å². The van der Waals surface area contributed by atoms with Crippen molar-refractivity contribution >= 4 is 38.9 Å². The van der Waals surface area contributed by atoms with E-state index < -0.39 is 21.7 Å². The highest BCUT2D eigenvalue weighted by molar-refractivity contribution is 7.93. The topological polar surface area (TPSA) is 98.5 Å². The Kier molecular flexibility index (Phi) is 4.84. The molecule has 0 saturated heterocycles. The van der Waals surface area contributed by atoms with Crippen LogP contribution < -0.4 is 10.5 Å². The van der Waals surface area contributed by atoms with Gasteiger partial charge in [-0.2, -0.15) is 0 Å². The molecule has 1 aromatic carbocycles. The van der Waals surface area contributed by atoms with Crippen LogP contribution in [0.25, 0.3) is 0 Å². The summed E-state index contributed by atoms with van der Waals surface area (Å²) in [5, 5.41) is 0. The number of carbonyl (C=O) groups excluding carboxylic acids is 1. The molecule has 1 rings (SSSR count). The van der Waals surface area contributed by atoms with E-state index in [9.17, 15) is 13.2 Å². The van der Waals surface area contributed by atoms with Gasteiger partial charge in [-0.3, -0.25) is 9.52 Å². The van der Waals surface area contributed by atoms with Crippen molar-refractivity contribution in [1.29, 1.82) is 0 Å². The maximum absolute atomic E-state index is 11.7. The number of ether oxygens (including phenoxy) is 1. The first-order valence-electron chi connectivity index (χ1n) is 5.23. The van der Waals surface area contributed by atoms with E-state index in [0.29, 0.717) is 16.8 Å². The van der Waals surface area contributed by atoms with Gasteiger partial charge in [0.2, 0.25) is 10.0 Å². The van der Waals surface area contributed by atoms with E-state index in [1.54, 1.807) is 19.1 Å². The predicted octanol–water partition coefficient (Wildman–Crippen LogP) is 0.544. The summed E-state index contributed by atoms with van der Waals surface area (Å²) in [5.41, 5.74) is 7.03. The van der Waals surface area contributed by atoms with Crippen molar-refractivity contribution in [1.82, 2.24) is 0 Å². The molecule has 19 heavy (non-hydrogen) atoms. The molecule has 0 aliphatic carbocycles. The lowest BCUT2D eigenvalue weighted by Gasteiger charge is -2.11. The molecule has 0 heterocycles. The average molecular weight is 302 g/mol. The van der Waals surface area contributed by atoms with Crippen molar-refractivity contribution in [2.24, 2.45) is 5.73 Å². The highest BCUT2D eigenvalue weighted by Gasteiger charge is 2.18. The second-order valence-corrected chi connectivity index (χ2v) is 5.99. The van der Waals surface area contributed by atoms with Crippen molar-refractivity contribution in [2.75, 3.05) is 17.6 Å². The van der Waals surface area contributed by atoms with Crippen LogP contribution in [0.4, 0.5) is 5.69 Å². The number of thiocarbonyl (C=S) groups is 1. The number of hydrogen-bond acceptors (Lipinski definition) is 5. The van der Waals surface area contributed by atoms with E-state index in [4.69, 9.17) is 18.0 Å². The third-order valence-corrected chi connectivity index (χ3v) is 3.71. The van der Waals surface area contributed by atoms with Crippen molar-refractivity contribution in [3.8, 4) is 0 Å². The van der Waals surface area contributed by atoms with Gasteiger partial charge < -0.3 is 10.5 Å². The van der Waals surface area contributed by atoms with Crippen molar-refractivity contribution in [3.63, 3.8) is 0 Å². The molecule has 0 aliphatic heterocycles. The van der Waals surface area contributed by atoms with Crippen LogP contribution in [0.15, 0.2) is 18.2 Å². The van der Waals surface area contributed by atoms with Gasteiger partial charge in [0.1, 0.15) is 4.99 Å². The van der Waals surface area contributed by atoms with Crippen LogP contribution in [0.1, 0.15) is 11.1 Å². The normalized spacial score (nSPS) is 10.8. The molecular weight excluding hydrogens is 288 g/mol. The predicted molar refractivity (Wildman–Crippen MR) is 76.5 cm³/mol. The summed E-state index contributed by atoms with van der Waals surface area (Å²) in [6.07, 6.45) is 0. The summed E-state index contributed by atoms with van der Waals surface area (Å²) in [4.78, 5) is 11.2. The minimum atomic E-state index is -3.82. The zero-order valence-electron chi connectivity index (χ0n) is 10.5. The first-order valence-corrected chi connectivity index (χ1v) is 7.29. The molecule has 0 unspecified atom stereocenters. The molecule has 0 atom stereocenters. The lowest BCUT2D eigenvalue weighted by molar-refractivity contribution is -0.137. The summed E-state index contributed by atoms with van der Waals surface area (Å²) < 4.78 is 30.1. The van der Waals surface area contributed by atoms with Gasteiger partial charge in [-0.15, -0.1) is 0 Å². The van der Waals surface area contributed by atoms with Crippen LogP contribution in [0.5, 0.6) is 0 Å². The molecular formula is C11H14N2O4S2. The monoisotopic (exact) mass is 302 g/mol. The average Bonchev–Trinajstić information content (AvgIpc) is 2.30. The minimum Gasteiger partial charge on any atom is -0.468 e. The second-order valence-electron chi connectivity index (χ2n) is 3.83. The Labute approximate surface area is 117 Å². The standard InChI is InChI=1S/C11H14N2O4S2/c1-7-3-4-8(11(12)18)5-9(7)13-19(15,16)6-10(14)17-2/h3-5,13H,6H2,1-2H3,(H2,12,18). The molecule has 1 aromatic rings. The Morgan fingerprint density at radius 1 is 1.47 bits per heavy atom. The highest BCUT2D eigenvalue weighted by Crippen LogP contribution is 2.18. The van der Waals surface area contributed by atoms with Crippen molar-refractivity contribution < 1.29 is 17.9 Å². The molecule has 0 spiro atoms. The molecule has 0 aromatic heterocycles. The molecule has 6 nitrogen and oxygen atoms in total. The molecule has 104 valence electrons. The van der Waals surface area contributed by atoms with E-state index in [0.717, 1.165) is 7.11 Å². The number of methoxy groups -OCH3 is 1. The molecule has 0 bridgehead atoms. The third kappa shape index (κ3) is 4.49. The SMILES string of the molecule is COC(=O)CS(=O)(=O)Nc1cc(C(N)=S)ccc1C. The van der Waals surface area contributed by atoms with Gasteiger partial charge in [0.15, 0.2) is 5.75 Å². The Morgan fingerprint density at radius 2 is 2.11 bits per heavy atom. The molecule has 8 heteroatoms. The van der Waals surface area contributed by atoms with Crippen LogP contribution >= 0.6 is 12.2 Å². The zero-order chi connectivity index (χ0) is 14.6. The number of benzene rings is 1. The lowest BCUT2D eigenvalue weighted by Crippen LogP contribution is -2.24. The van der Waals surface area contributed by atoms with E-state index in [1.807, 2.05) is 0 Å². The largest absolute Gasteiger partial charge is 0.468 e. The van der Waals surface area contributed by atoms with Crippen LogP contribution in [0, 0.1) is 6.92 Å². The smallest absolute Gasteiger partial charge is 0.322 e. The first kappa shape index (κ1) is 15.4. The van der Waals surface area contributed by atoms with Gasteiger partial charge in [-0.05, 0) is 18.6 Å². The molecule has 0 radical (unpaired) electrons. The number of aryl methyl sites for hydroxylation is 1. The lowest BCUT2D eigenvalue weighted by atomic mass is 10.1. The van der Waals surface area contributed by atoms with Crippen LogP contribution in [-0.2, 0) is 19.6 Å². The molecule has 0 saturated carbocycles. The minimum absolute atomic E-state index is 0.161. The Bertz CT molecular complexity index is 611. The van der Waals surface area contributed by atoms with E-state index >= 15 is 0 Å². The van der Waals surface area contributed by atoms with E-state index in [2.05, 4.69) is 9.46 Å². The number of nitrogens with two attached hydrogens (primary N) is 1. The van der Waals surface area contributed by atoms with Gasteiger partial charge in [-0.1, -0.05) is 24.4 Å². The fraction of sp³-hybridized carbons (Fsp3) is 0.273. The Balaban J connectivity index is 3.02. The fourth-order valence-electron chi connectivity index (χ4n) is 1.30. The number of carbonyl (C=O) groups is 1. The molecule has 0 amide bonds. The first-order chi connectivity index (χ1) is 8.75. The summed E-state index contributed by atoms with van der Waals surface area (Å²) >= 11 is 4.82. The highest BCUT2D eigenvalue weighted by atomic mass is 32.2. The molecule has 0 fully saturated rings. The van der Waals surface area contributed by atoms with Crippen molar-refractivity contribution in [3.05, 3.63) is 29.3 Å². The quantitative estimate of drug-likeness (QED) is 0.608. The number of rotatable bonds is 5. The van der Waals surface area contributed by atoms with E-state index in [-0.39, 0.29) is 4.99 Å². The number of hydrogen-bond donors (Lipinski definition) is 2. The van der Waals surface area contributed by atoms with Crippen LogP contribution in [0.2, 0.25) is 0 Å². The molecule has 3 N–H and O–H groups in total. The van der Waals surface area contributed by atoms with Gasteiger partial charge in [0.05, 0.1) is 12.8 Å². The summed E-state index contributed by atoms with van der Waals surface area (Å²) in [6, 6.07) is 4.90. The summed E-state index contributed by atoms with van der Waals surface area (Å²) in [5.74, 6) is -1.59. The van der Waals surface area contributed by atoms with Crippen molar-refractivity contribution in [2.45, 2.75) is 6.92 Å². The number of anilines is 1. The summed E-state index contributed by atoms with van der Waals surface area (Å²) in [7, 11) is -2.70. The Hall–Kier alpha value is -1.67. The number of sulfonamides is 1. The fourth-order valence-corrected chi connectivity index (χ4v) is 2.49. The zero-order valence-corrected chi connectivity index (χ0v) is 12.1. The maximum Gasteiger partial charge on any atom is 0.322 e. The second kappa shape index (κ2) is 5.98. The Morgan fingerprint density at radius 3 is 2.63 bits per heavy atom. The van der Waals surface area contributed by atoms with Gasteiger partial charge in [0, 0.05) is 5.56 Å². The van der Waals surface area contributed by atoms with Crippen LogP contribution in [-0.4, -0.2) is 32.2 Å². The summed E-state index contributed by atoms with van der Waals surface area (Å²) in [6.45, 7) is 1.72. The number of esters is 1. The van der Waals surface area contributed by atoms with Crippen LogP contribution in [0.3, 0.4) is 0 Å². The third-order valence-electron chi connectivity index (χ3n) is 2.32. The maximum atomic E-state index is 11.7. The molecule has 0 aliphatic rings.